The zero-order valence-corrected chi connectivity index (χ0v) is 15.5. The molecule has 1 aliphatic carbocycles. The van der Waals surface area contributed by atoms with Crippen molar-refractivity contribution in [1.82, 2.24) is 9.97 Å². The normalized spacial score (nSPS) is 18.8. The second-order valence-electron chi connectivity index (χ2n) is 5.77. The molecule has 1 heterocycles. The number of nitrogen functional groups attached to an aromatic ring is 1. The molecule has 0 bridgehead atoms. The lowest BCUT2D eigenvalue weighted by molar-refractivity contribution is 0.345. The van der Waals surface area contributed by atoms with Gasteiger partial charge in [-0.15, -0.1) is 24.8 Å². The van der Waals surface area contributed by atoms with Crippen LogP contribution in [0.2, 0.25) is 5.02 Å². The third-order valence-electron chi connectivity index (χ3n) is 3.96. The topological polar surface area (TPSA) is 89.8 Å². The van der Waals surface area contributed by atoms with Crippen LogP contribution in [0.15, 0.2) is 30.3 Å². The van der Waals surface area contributed by atoms with Crippen LogP contribution in [0.5, 0.6) is 0 Å². The Hall–Kier alpha value is -1.27. The average molecular weight is 391 g/mol. The standard InChI is InChI=1S/C16H20ClN5.2ClH/c17-12-3-1-2-10(6-12)4-5-20-15-9-14(21-16(19)22-15)11-7-13(18)8-11;;/h1-3,6,9,11,13H,4-5,7-8,18H2,(H3,19,20,21,22);2*1H. The van der Waals surface area contributed by atoms with Gasteiger partial charge in [0.05, 0.1) is 5.69 Å². The van der Waals surface area contributed by atoms with E-state index in [2.05, 4.69) is 21.4 Å². The van der Waals surface area contributed by atoms with Gasteiger partial charge in [-0.1, -0.05) is 23.7 Å². The average Bonchev–Trinajstić information content (AvgIpc) is 2.43. The Kier molecular flexibility index (Phi) is 8.03. The number of hydrogen-bond donors (Lipinski definition) is 3. The molecular formula is C16H22Cl3N5. The van der Waals surface area contributed by atoms with Crippen LogP contribution in [0, 0.1) is 0 Å². The zero-order valence-electron chi connectivity index (χ0n) is 13.1. The molecule has 0 radical (unpaired) electrons. The fraction of sp³-hybridized carbons (Fsp3) is 0.375. The Morgan fingerprint density at radius 1 is 1.17 bits per heavy atom. The summed E-state index contributed by atoms with van der Waals surface area (Å²) in [4.78, 5) is 8.56. The molecule has 0 saturated heterocycles. The minimum Gasteiger partial charge on any atom is -0.370 e. The van der Waals surface area contributed by atoms with Gasteiger partial charge >= 0.3 is 0 Å². The van der Waals surface area contributed by atoms with Crippen LogP contribution in [0.3, 0.4) is 0 Å². The molecule has 2 aromatic rings. The van der Waals surface area contributed by atoms with Gasteiger partial charge in [-0.2, -0.15) is 4.98 Å². The quantitative estimate of drug-likeness (QED) is 0.728. The molecule has 24 heavy (non-hydrogen) atoms. The summed E-state index contributed by atoms with van der Waals surface area (Å²) in [6.07, 6.45) is 2.81. The van der Waals surface area contributed by atoms with Gasteiger partial charge in [0.1, 0.15) is 5.82 Å². The molecule has 0 unspecified atom stereocenters. The Bertz CT molecular complexity index is 662. The summed E-state index contributed by atoms with van der Waals surface area (Å²) in [7, 11) is 0. The first kappa shape index (κ1) is 20.8. The van der Waals surface area contributed by atoms with Gasteiger partial charge in [-0.25, -0.2) is 4.98 Å². The van der Waals surface area contributed by atoms with Crippen LogP contribution >= 0.6 is 36.4 Å². The van der Waals surface area contributed by atoms with Gasteiger partial charge in [0.15, 0.2) is 0 Å². The summed E-state index contributed by atoms with van der Waals surface area (Å²) in [5.41, 5.74) is 13.8. The lowest BCUT2D eigenvalue weighted by atomic mass is 9.78. The number of benzene rings is 1. The molecule has 0 aliphatic heterocycles. The smallest absolute Gasteiger partial charge is 0.222 e. The maximum absolute atomic E-state index is 5.98. The summed E-state index contributed by atoms with van der Waals surface area (Å²) >= 11 is 5.98. The van der Waals surface area contributed by atoms with Crippen LogP contribution in [-0.4, -0.2) is 22.6 Å². The minimum atomic E-state index is 0. The van der Waals surface area contributed by atoms with Crippen LogP contribution in [0.25, 0.3) is 0 Å². The first-order valence-corrected chi connectivity index (χ1v) is 7.86. The SMILES string of the molecule is Cl.Cl.Nc1nc(NCCc2cccc(Cl)c2)cc(C2CC(N)C2)n1. The number of hydrogen-bond acceptors (Lipinski definition) is 5. The first-order valence-electron chi connectivity index (χ1n) is 7.48. The van der Waals surface area contributed by atoms with Gasteiger partial charge in [0, 0.05) is 29.6 Å². The Morgan fingerprint density at radius 2 is 1.92 bits per heavy atom. The van der Waals surface area contributed by atoms with E-state index in [1.54, 1.807) is 0 Å². The molecule has 0 spiro atoms. The van der Waals surface area contributed by atoms with Gasteiger partial charge < -0.3 is 16.8 Å². The predicted octanol–water partition coefficient (Wildman–Crippen LogP) is 3.42. The predicted molar refractivity (Wildman–Crippen MR) is 105 cm³/mol. The third kappa shape index (κ3) is 5.38. The fourth-order valence-electron chi connectivity index (χ4n) is 2.72. The molecule has 1 aromatic carbocycles. The van der Waals surface area contributed by atoms with E-state index in [0.29, 0.717) is 17.9 Å². The summed E-state index contributed by atoms with van der Waals surface area (Å²) < 4.78 is 0. The molecule has 5 N–H and O–H groups in total. The van der Waals surface area contributed by atoms with Crippen LogP contribution in [0.1, 0.15) is 30.0 Å². The van der Waals surface area contributed by atoms with Gasteiger partial charge in [-0.05, 0) is 37.0 Å². The molecule has 0 amide bonds. The van der Waals surface area contributed by atoms with Crippen molar-refractivity contribution < 1.29 is 0 Å². The highest BCUT2D eigenvalue weighted by Gasteiger charge is 2.29. The second kappa shape index (κ2) is 9.28. The Morgan fingerprint density at radius 3 is 2.58 bits per heavy atom. The lowest BCUT2D eigenvalue weighted by Gasteiger charge is -2.32. The molecule has 1 aromatic heterocycles. The molecule has 1 aliphatic rings. The minimum absolute atomic E-state index is 0. The van der Waals surface area contributed by atoms with Crippen LogP contribution in [-0.2, 0) is 6.42 Å². The molecule has 0 atom stereocenters. The highest BCUT2D eigenvalue weighted by molar-refractivity contribution is 6.30. The molecule has 8 heteroatoms. The highest BCUT2D eigenvalue weighted by atomic mass is 35.5. The van der Waals surface area contributed by atoms with Crippen molar-refractivity contribution in [2.45, 2.75) is 31.2 Å². The molecule has 132 valence electrons. The van der Waals surface area contributed by atoms with Crippen molar-refractivity contribution in [2.75, 3.05) is 17.6 Å². The van der Waals surface area contributed by atoms with E-state index in [-0.39, 0.29) is 24.8 Å². The monoisotopic (exact) mass is 389 g/mol. The van der Waals surface area contributed by atoms with Crippen molar-refractivity contribution in [3.8, 4) is 0 Å². The van der Waals surface area contributed by atoms with E-state index < -0.39 is 0 Å². The number of nitrogens with zero attached hydrogens (tertiary/aromatic N) is 2. The Balaban J connectivity index is 0.00000144. The van der Waals surface area contributed by atoms with Crippen molar-refractivity contribution in [1.29, 1.82) is 0 Å². The number of rotatable bonds is 5. The fourth-order valence-corrected chi connectivity index (χ4v) is 2.93. The van der Waals surface area contributed by atoms with Crippen molar-refractivity contribution in [2.24, 2.45) is 5.73 Å². The Labute approximate surface area is 159 Å². The number of nitrogens with one attached hydrogen (secondary N) is 1. The molecule has 3 rings (SSSR count). The summed E-state index contributed by atoms with van der Waals surface area (Å²) in [6.45, 7) is 0.764. The lowest BCUT2D eigenvalue weighted by Crippen LogP contribution is -2.35. The van der Waals surface area contributed by atoms with E-state index >= 15 is 0 Å². The molecule has 1 fully saturated rings. The number of halogens is 3. The summed E-state index contributed by atoms with van der Waals surface area (Å²) in [5, 5.41) is 4.06. The largest absolute Gasteiger partial charge is 0.370 e. The van der Waals surface area contributed by atoms with E-state index in [1.165, 1.54) is 5.56 Å². The summed E-state index contributed by atoms with van der Waals surface area (Å²) in [6, 6.07) is 10.1. The first-order chi connectivity index (χ1) is 10.6. The number of aromatic nitrogens is 2. The maximum Gasteiger partial charge on any atom is 0.222 e. The van der Waals surface area contributed by atoms with Crippen LogP contribution in [0.4, 0.5) is 11.8 Å². The van der Waals surface area contributed by atoms with E-state index in [9.17, 15) is 0 Å². The van der Waals surface area contributed by atoms with Crippen LogP contribution < -0.4 is 16.8 Å². The van der Waals surface area contributed by atoms with E-state index in [0.717, 1.165) is 42.3 Å². The van der Waals surface area contributed by atoms with Crippen molar-refractivity contribution >= 4 is 48.2 Å². The third-order valence-corrected chi connectivity index (χ3v) is 4.20. The number of nitrogens with two attached hydrogens (primary N) is 2. The van der Waals surface area contributed by atoms with Gasteiger partial charge in [-0.3, -0.25) is 0 Å². The second-order valence-corrected chi connectivity index (χ2v) is 6.21. The zero-order chi connectivity index (χ0) is 15.5. The van der Waals surface area contributed by atoms with Gasteiger partial charge in [0.25, 0.3) is 0 Å². The van der Waals surface area contributed by atoms with Crippen molar-refractivity contribution in [3.63, 3.8) is 0 Å². The highest BCUT2D eigenvalue weighted by Crippen LogP contribution is 2.35. The van der Waals surface area contributed by atoms with Gasteiger partial charge in [0.2, 0.25) is 5.95 Å². The molecule has 1 saturated carbocycles. The molecular weight excluding hydrogens is 369 g/mol. The maximum atomic E-state index is 5.98. The van der Waals surface area contributed by atoms with E-state index in [4.69, 9.17) is 23.1 Å². The van der Waals surface area contributed by atoms with E-state index in [1.807, 2.05) is 24.3 Å². The molecule has 5 nitrogen and oxygen atoms in total. The van der Waals surface area contributed by atoms with Crippen molar-refractivity contribution in [3.05, 3.63) is 46.6 Å². The summed E-state index contributed by atoms with van der Waals surface area (Å²) in [5.74, 6) is 1.49. The number of anilines is 2.